The van der Waals surface area contributed by atoms with Crippen molar-refractivity contribution in [2.24, 2.45) is 0 Å². The van der Waals surface area contributed by atoms with E-state index in [0.717, 1.165) is 11.4 Å². The number of amides is 1. The van der Waals surface area contributed by atoms with Crippen molar-refractivity contribution in [1.29, 1.82) is 0 Å². The predicted octanol–water partition coefficient (Wildman–Crippen LogP) is 4.52. The van der Waals surface area contributed by atoms with Gasteiger partial charge in [0.1, 0.15) is 5.82 Å². The third-order valence-electron chi connectivity index (χ3n) is 4.99. The van der Waals surface area contributed by atoms with Gasteiger partial charge in [-0.1, -0.05) is 42.2 Å². The Balaban J connectivity index is 1.40. The Bertz CT molecular complexity index is 1040. The summed E-state index contributed by atoms with van der Waals surface area (Å²) in [4.78, 5) is 25.7. The van der Waals surface area contributed by atoms with Crippen molar-refractivity contribution in [3.63, 3.8) is 0 Å². The van der Waals surface area contributed by atoms with Crippen molar-refractivity contribution in [3.05, 3.63) is 58.0 Å². The molecule has 0 aliphatic carbocycles. The molecule has 1 aliphatic rings. The van der Waals surface area contributed by atoms with Gasteiger partial charge in [0.05, 0.1) is 10.6 Å². The Kier molecular flexibility index (Phi) is 5.92. The molecule has 7 nitrogen and oxygen atoms in total. The van der Waals surface area contributed by atoms with Crippen LogP contribution in [-0.2, 0) is 0 Å². The number of benzene rings is 1. The van der Waals surface area contributed by atoms with Gasteiger partial charge >= 0.3 is 0 Å². The molecule has 9 heteroatoms. The van der Waals surface area contributed by atoms with Crippen molar-refractivity contribution >= 4 is 34.9 Å². The lowest BCUT2D eigenvalue weighted by molar-refractivity contribution is 0.0746. The van der Waals surface area contributed by atoms with Gasteiger partial charge in [0.25, 0.3) is 5.91 Å². The number of rotatable bonds is 4. The van der Waals surface area contributed by atoms with E-state index >= 15 is 0 Å². The number of halogens is 2. The van der Waals surface area contributed by atoms with Crippen LogP contribution in [0.25, 0.3) is 11.4 Å². The fraction of sp³-hybridized carbons (Fsp3) is 0.333. The van der Waals surface area contributed by atoms with Crippen LogP contribution < -0.4 is 4.90 Å². The topological polar surface area (TPSA) is 75.4 Å². The summed E-state index contributed by atoms with van der Waals surface area (Å²) in [7, 11) is 0. The molecular weight excluding hydrogens is 425 g/mol. The van der Waals surface area contributed by atoms with Crippen LogP contribution >= 0.6 is 23.2 Å². The van der Waals surface area contributed by atoms with Crippen LogP contribution in [0.1, 0.15) is 36.0 Å². The number of carbonyl (C=O) groups excluding carboxylic acids is 1. The van der Waals surface area contributed by atoms with E-state index in [-0.39, 0.29) is 11.8 Å². The summed E-state index contributed by atoms with van der Waals surface area (Å²) in [6.45, 7) is 6.51. The van der Waals surface area contributed by atoms with Gasteiger partial charge in [-0.15, -0.1) is 0 Å². The normalized spacial score (nSPS) is 14.4. The number of hydrogen-bond acceptors (Lipinski definition) is 6. The van der Waals surface area contributed by atoms with Crippen LogP contribution in [0.5, 0.6) is 0 Å². The first-order valence-corrected chi connectivity index (χ1v) is 10.5. The Labute approximate surface area is 184 Å². The molecule has 2 aromatic heterocycles. The summed E-state index contributed by atoms with van der Waals surface area (Å²) in [6.07, 6.45) is 1.74. The van der Waals surface area contributed by atoms with E-state index in [1.807, 2.05) is 26.0 Å². The van der Waals surface area contributed by atoms with Gasteiger partial charge in [-0.25, -0.2) is 4.98 Å². The maximum absolute atomic E-state index is 12.8. The Morgan fingerprint density at radius 2 is 1.87 bits per heavy atom. The second-order valence-electron chi connectivity index (χ2n) is 7.42. The second kappa shape index (κ2) is 8.62. The highest BCUT2D eigenvalue weighted by Gasteiger charge is 2.24. The van der Waals surface area contributed by atoms with Crippen LogP contribution in [-0.4, -0.2) is 52.1 Å². The highest BCUT2D eigenvalue weighted by atomic mass is 35.5. The van der Waals surface area contributed by atoms with E-state index in [9.17, 15) is 4.79 Å². The second-order valence-corrected chi connectivity index (χ2v) is 8.26. The molecule has 0 atom stereocenters. The molecule has 30 heavy (non-hydrogen) atoms. The van der Waals surface area contributed by atoms with E-state index < -0.39 is 0 Å². The van der Waals surface area contributed by atoms with Crippen LogP contribution in [0.3, 0.4) is 0 Å². The molecule has 0 spiro atoms. The highest BCUT2D eigenvalue weighted by Crippen LogP contribution is 2.24. The predicted molar refractivity (Wildman–Crippen MR) is 116 cm³/mol. The molecule has 156 valence electrons. The number of nitrogens with zero attached hydrogens (tertiary/aromatic N) is 5. The van der Waals surface area contributed by atoms with E-state index in [1.165, 1.54) is 0 Å². The van der Waals surface area contributed by atoms with E-state index in [2.05, 4.69) is 20.0 Å². The zero-order valence-electron chi connectivity index (χ0n) is 16.7. The van der Waals surface area contributed by atoms with Crippen molar-refractivity contribution in [3.8, 4) is 11.4 Å². The zero-order valence-corrected chi connectivity index (χ0v) is 18.2. The molecule has 3 heterocycles. The van der Waals surface area contributed by atoms with Gasteiger partial charge in [0, 0.05) is 48.9 Å². The Morgan fingerprint density at radius 1 is 1.10 bits per heavy atom. The summed E-state index contributed by atoms with van der Waals surface area (Å²) >= 11 is 12.2. The van der Waals surface area contributed by atoms with Crippen molar-refractivity contribution < 1.29 is 9.32 Å². The van der Waals surface area contributed by atoms with Gasteiger partial charge in [-0.05, 0) is 30.3 Å². The fourth-order valence-electron chi connectivity index (χ4n) is 3.26. The molecule has 1 saturated heterocycles. The molecule has 0 bridgehead atoms. The third kappa shape index (κ3) is 4.27. The molecule has 1 aliphatic heterocycles. The maximum atomic E-state index is 12.8. The third-order valence-corrected chi connectivity index (χ3v) is 5.56. The Hall–Kier alpha value is -2.64. The summed E-state index contributed by atoms with van der Waals surface area (Å²) in [5.41, 5.74) is 1.24. The standard InChI is InChI=1S/C21H21Cl2N5O2/c1-13(2)20-25-19(26-30-20)14-3-6-18(24-12-14)27-7-9-28(10-8-27)21(29)16-11-15(22)4-5-17(16)23/h3-6,11-13H,7-10H2,1-2H3. The molecule has 1 amide bonds. The summed E-state index contributed by atoms with van der Waals surface area (Å²) in [6, 6.07) is 8.80. The minimum absolute atomic E-state index is 0.108. The monoisotopic (exact) mass is 445 g/mol. The first-order valence-electron chi connectivity index (χ1n) is 9.71. The number of piperazine rings is 1. The maximum Gasteiger partial charge on any atom is 0.255 e. The molecule has 1 aromatic carbocycles. The van der Waals surface area contributed by atoms with Gasteiger partial charge < -0.3 is 14.3 Å². The summed E-state index contributed by atoms with van der Waals surface area (Å²) in [5, 5.41) is 4.92. The first-order chi connectivity index (χ1) is 14.4. The number of aromatic nitrogens is 3. The number of anilines is 1. The smallest absolute Gasteiger partial charge is 0.255 e. The molecule has 0 N–H and O–H groups in total. The lowest BCUT2D eigenvalue weighted by Crippen LogP contribution is -2.49. The van der Waals surface area contributed by atoms with Crippen LogP contribution in [0.4, 0.5) is 5.82 Å². The van der Waals surface area contributed by atoms with Crippen molar-refractivity contribution in [2.75, 3.05) is 31.1 Å². The Morgan fingerprint density at radius 3 is 2.50 bits per heavy atom. The minimum Gasteiger partial charge on any atom is -0.353 e. The number of pyridine rings is 1. The zero-order chi connectivity index (χ0) is 21.3. The largest absolute Gasteiger partial charge is 0.353 e. The molecule has 4 rings (SSSR count). The lowest BCUT2D eigenvalue weighted by Gasteiger charge is -2.35. The fourth-order valence-corrected chi connectivity index (χ4v) is 3.63. The van der Waals surface area contributed by atoms with Gasteiger partial charge in [-0.2, -0.15) is 4.98 Å². The average molecular weight is 446 g/mol. The van der Waals surface area contributed by atoms with Gasteiger partial charge in [-0.3, -0.25) is 4.79 Å². The van der Waals surface area contributed by atoms with Crippen molar-refractivity contribution in [1.82, 2.24) is 20.0 Å². The quantitative estimate of drug-likeness (QED) is 0.587. The van der Waals surface area contributed by atoms with Crippen LogP contribution in [0.15, 0.2) is 41.1 Å². The van der Waals surface area contributed by atoms with Gasteiger partial charge in [0.2, 0.25) is 11.7 Å². The number of carbonyl (C=O) groups is 1. The SMILES string of the molecule is CC(C)c1nc(-c2ccc(N3CCN(C(=O)c4cc(Cl)ccc4Cl)CC3)nc2)no1. The molecule has 3 aromatic rings. The van der Waals surface area contributed by atoms with E-state index in [1.54, 1.807) is 29.3 Å². The first kappa shape index (κ1) is 20.6. The van der Waals surface area contributed by atoms with E-state index in [4.69, 9.17) is 27.7 Å². The number of hydrogen-bond donors (Lipinski definition) is 0. The minimum atomic E-state index is -0.108. The van der Waals surface area contributed by atoms with Crippen molar-refractivity contribution in [2.45, 2.75) is 19.8 Å². The van der Waals surface area contributed by atoms with Crippen LogP contribution in [0.2, 0.25) is 10.0 Å². The van der Waals surface area contributed by atoms with E-state index in [0.29, 0.717) is 53.5 Å². The molecule has 0 unspecified atom stereocenters. The summed E-state index contributed by atoms with van der Waals surface area (Å²) in [5.74, 6) is 2.06. The molecule has 0 radical (unpaired) electrons. The average Bonchev–Trinajstić information content (AvgIpc) is 3.26. The molecule has 1 fully saturated rings. The molecule has 0 saturated carbocycles. The summed E-state index contributed by atoms with van der Waals surface area (Å²) < 4.78 is 5.26. The van der Waals surface area contributed by atoms with Gasteiger partial charge in [0.15, 0.2) is 0 Å². The highest BCUT2D eigenvalue weighted by molar-refractivity contribution is 6.35. The lowest BCUT2D eigenvalue weighted by atomic mass is 10.1. The van der Waals surface area contributed by atoms with Crippen LogP contribution in [0, 0.1) is 0 Å². The molecular formula is C21H21Cl2N5O2.